The molecule has 11 heteroatoms. The molecule has 0 radical (unpaired) electrons. The first-order valence-corrected chi connectivity index (χ1v) is 10.7. The fourth-order valence-corrected chi connectivity index (χ4v) is 4.39. The zero-order chi connectivity index (χ0) is 21.9. The first-order chi connectivity index (χ1) is 13.5. The maximum atomic E-state index is 12.6. The Morgan fingerprint density at radius 2 is 1.76 bits per heavy atom. The van der Waals surface area contributed by atoms with Crippen molar-refractivity contribution < 1.29 is 27.5 Å². The molecule has 0 aliphatic carbocycles. The van der Waals surface area contributed by atoms with Crippen LogP contribution in [0.5, 0.6) is 0 Å². The van der Waals surface area contributed by atoms with Crippen LogP contribution in [-0.2, 0) is 14.8 Å². The van der Waals surface area contributed by atoms with E-state index in [9.17, 15) is 22.8 Å². The molecule has 0 aliphatic rings. The van der Waals surface area contributed by atoms with Gasteiger partial charge in [-0.3, -0.25) is 9.59 Å². The van der Waals surface area contributed by atoms with Crippen molar-refractivity contribution in [1.82, 2.24) is 4.31 Å². The summed E-state index contributed by atoms with van der Waals surface area (Å²) in [4.78, 5) is 36.7. The molecule has 3 N–H and O–H groups in total. The van der Waals surface area contributed by atoms with Crippen molar-refractivity contribution in [3.05, 3.63) is 45.8 Å². The number of benzene rings is 1. The molecule has 29 heavy (non-hydrogen) atoms. The Balaban J connectivity index is 2.36. The van der Waals surface area contributed by atoms with E-state index in [-0.39, 0.29) is 32.5 Å². The van der Waals surface area contributed by atoms with Gasteiger partial charge >= 0.3 is 5.97 Å². The van der Waals surface area contributed by atoms with Crippen LogP contribution < -0.4 is 11.1 Å². The SMILES string of the molecule is CCOC(=O)c1c(NC(=O)c2ccc(S(=O)(=O)N(C)C)cc2)sc(C(N)=O)c1C. The van der Waals surface area contributed by atoms with Gasteiger partial charge in [0.2, 0.25) is 10.0 Å². The molecule has 9 nitrogen and oxygen atoms in total. The lowest BCUT2D eigenvalue weighted by Crippen LogP contribution is -2.22. The Morgan fingerprint density at radius 3 is 2.24 bits per heavy atom. The van der Waals surface area contributed by atoms with Gasteiger partial charge in [-0.05, 0) is 43.7 Å². The number of anilines is 1. The van der Waals surface area contributed by atoms with Gasteiger partial charge in [0.25, 0.3) is 11.8 Å². The molecule has 0 spiro atoms. The van der Waals surface area contributed by atoms with Gasteiger partial charge in [0.05, 0.1) is 21.9 Å². The van der Waals surface area contributed by atoms with E-state index < -0.39 is 27.8 Å². The number of sulfonamides is 1. The molecule has 0 fully saturated rings. The third-order valence-electron chi connectivity index (χ3n) is 3.97. The molecule has 0 bridgehead atoms. The minimum absolute atomic E-state index is 0.0363. The van der Waals surface area contributed by atoms with Crippen LogP contribution in [0, 0.1) is 6.92 Å². The number of ether oxygens (including phenoxy) is 1. The number of carbonyl (C=O) groups excluding carboxylic acids is 3. The number of carbonyl (C=O) groups is 3. The summed E-state index contributed by atoms with van der Waals surface area (Å²) in [6.45, 7) is 3.30. The summed E-state index contributed by atoms with van der Waals surface area (Å²) in [5, 5.41) is 2.70. The van der Waals surface area contributed by atoms with Gasteiger partial charge < -0.3 is 15.8 Å². The third kappa shape index (κ3) is 4.63. The largest absolute Gasteiger partial charge is 0.462 e. The number of nitrogens with two attached hydrogens (primary N) is 1. The number of nitrogens with one attached hydrogen (secondary N) is 1. The second-order valence-electron chi connectivity index (χ2n) is 6.11. The molecule has 2 aromatic rings. The number of hydrogen-bond donors (Lipinski definition) is 2. The maximum absolute atomic E-state index is 12.6. The monoisotopic (exact) mass is 439 g/mol. The molecule has 0 saturated carbocycles. The summed E-state index contributed by atoms with van der Waals surface area (Å²) in [6.07, 6.45) is 0. The number of hydrogen-bond acceptors (Lipinski definition) is 7. The second-order valence-corrected chi connectivity index (χ2v) is 9.28. The fourth-order valence-electron chi connectivity index (χ4n) is 2.45. The lowest BCUT2D eigenvalue weighted by Gasteiger charge is -2.11. The molecule has 2 rings (SSSR count). The highest BCUT2D eigenvalue weighted by Gasteiger charge is 2.26. The standard InChI is InChI=1S/C18H21N3O6S2/c1-5-27-18(24)13-10(2)14(15(19)22)28-17(13)20-16(23)11-6-8-12(9-7-11)29(25,26)21(3)4/h6-9H,5H2,1-4H3,(H2,19,22)(H,20,23). The van der Waals surface area contributed by atoms with Crippen molar-refractivity contribution in [1.29, 1.82) is 0 Å². The van der Waals surface area contributed by atoms with Crippen molar-refractivity contribution in [2.75, 3.05) is 26.0 Å². The first kappa shape index (κ1) is 22.5. The predicted molar refractivity (Wildman–Crippen MR) is 109 cm³/mol. The molecule has 156 valence electrons. The predicted octanol–water partition coefficient (Wildman–Crippen LogP) is 1.83. The highest BCUT2D eigenvalue weighted by atomic mass is 32.2. The summed E-state index contributed by atoms with van der Waals surface area (Å²) >= 11 is 0.873. The summed E-state index contributed by atoms with van der Waals surface area (Å²) in [5.41, 5.74) is 5.89. The van der Waals surface area contributed by atoms with Crippen molar-refractivity contribution in [3.63, 3.8) is 0 Å². The van der Waals surface area contributed by atoms with Crippen LogP contribution in [0.2, 0.25) is 0 Å². The molecule has 1 heterocycles. The Bertz CT molecular complexity index is 1060. The summed E-state index contributed by atoms with van der Waals surface area (Å²) < 4.78 is 30.3. The first-order valence-electron chi connectivity index (χ1n) is 8.45. The van der Waals surface area contributed by atoms with Crippen LogP contribution in [0.3, 0.4) is 0 Å². The minimum atomic E-state index is -3.62. The number of rotatable bonds is 7. The summed E-state index contributed by atoms with van der Waals surface area (Å²) in [7, 11) is -0.813. The van der Waals surface area contributed by atoms with E-state index in [4.69, 9.17) is 10.5 Å². The van der Waals surface area contributed by atoms with E-state index in [0.29, 0.717) is 5.56 Å². The molecule has 0 saturated heterocycles. The lowest BCUT2D eigenvalue weighted by molar-refractivity contribution is 0.0527. The topological polar surface area (TPSA) is 136 Å². The fraction of sp³-hybridized carbons (Fsp3) is 0.278. The average molecular weight is 440 g/mol. The summed E-state index contributed by atoms with van der Waals surface area (Å²) in [5.74, 6) is -1.99. The molecule has 0 unspecified atom stereocenters. The van der Waals surface area contributed by atoms with Crippen LogP contribution >= 0.6 is 11.3 Å². The van der Waals surface area contributed by atoms with Crippen molar-refractivity contribution in [2.45, 2.75) is 18.7 Å². The van der Waals surface area contributed by atoms with Gasteiger partial charge in [0, 0.05) is 19.7 Å². The van der Waals surface area contributed by atoms with Crippen LogP contribution in [0.1, 0.15) is 42.9 Å². The van der Waals surface area contributed by atoms with Crippen molar-refractivity contribution >= 4 is 44.1 Å². The average Bonchev–Trinajstić information content (AvgIpc) is 2.98. The highest BCUT2D eigenvalue weighted by molar-refractivity contribution is 7.89. The van der Waals surface area contributed by atoms with E-state index in [1.54, 1.807) is 13.8 Å². The quantitative estimate of drug-likeness (QED) is 0.632. The van der Waals surface area contributed by atoms with Gasteiger partial charge in [0.15, 0.2) is 0 Å². The number of thiophene rings is 1. The molecule has 0 atom stereocenters. The Hall–Kier alpha value is -2.76. The van der Waals surface area contributed by atoms with E-state index in [2.05, 4.69) is 5.32 Å². The molecule has 1 aromatic heterocycles. The van der Waals surface area contributed by atoms with Gasteiger partial charge in [-0.25, -0.2) is 17.5 Å². The van der Waals surface area contributed by atoms with Crippen molar-refractivity contribution in [3.8, 4) is 0 Å². The van der Waals surface area contributed by atoms with Crippen LogP contribution in [0.25, 0.3) is 0 Å². The second kappa shape index (κ2) is 8.72. The van der Waals surface area contributed by atoms with Gasteiger partial charge in [0.1, 0.15) is 5.00 Å². The number of nitrogens with zero attached hydrogens (tertiary/aromatic N) is 1. The van der Waals surface area contributed by atoms with Crippen LogP contribution in [-0.4, -0.2) is 51.2 Å². The normalized spacial score (nSPS) is 11.3. The highest BCUT2D eigenvalue weighted by Crippen LogP contribution is 2.34. The number of amides is 2. The van der Waals surface area contributed by atoms with Crippen LogP contribution in [0.15, 0.2) is 29.2 Å². The zero-order valence-electron chi connectivity index (χ0n) is 16.3. The van der Waals surface area contributed by atoms with Crippen molar-refractivity contribution in [2.24, 2.45) is 5.73 Å². The van der Waals surface area contributed by atoms with E-state index >= 15 is 0 Å². The Labute approximate surface area is 172 Å². The third-order valence-corrected chi connectivity index (χ3v) is 7.02. The van der Waals surface area contributed by atoms with Gasteiger partial charge in [-0.2, -0.15) is 0 Å². The van der Waals surface area contributed by atoms with Gasteiger partial charge in [-0.1, -0.05) is 0 Å². The zero-order valence-corrected chi connectivity index (χ0v) is 17.9. The van der Waals surface area contributed by atoms with E-state index in [0.717, 1.165) is 15.6 Å². The van der Waals surface area contributed by atoms with Gasteiger partial charge in [-0.15, -0.1) is 11.3 Å². The Kier molecular flexibility index (Phi) is 6.77. The molecule has 0 aliphatic heterocycles. The molecule has 2 amide bonds. The summed E-state index contributed by atoms with van der Waals surface area (Å²) in [6, 6.07) is 5.33. The van der Waals surface area contributed by atoms with Crippen LogP contribution in [0.4, 0.5) is 5.00 Å². The number of esters is 1. The number of primary amides is 1. The molecular weight excluding hydrogens is 418 g/mol. The van der Waals surface area contributed by atoms with E-state index in [1.165, 1.54) is 38.4 Å². The Morgan fingerprint density at radius 1 is 1.17 bits per heavy atom. The lowest BCUT2D eigenvalue weighted by atomic mass is 10.1. The van der Waals surface area contributed by atoms with E-state index in [1.807, 2.05) is 0 Å². The molecule has 1 aromatic carbocycles. The smallest absolute Gasteiger partial charge is 0.341 e. The minimum Gasteiger partial charge on any atom is -0.462 e. The molecular formula is C18H21N3O6S2. The maximum Gasteiger partial charge on any atom is 0.341 e.